The topological polar surface area (TPSA) is 29.1 Å². The minimum absolute atomic E-state index is 0.0984. The van der Waals surface area contributed by atoms with Gasteiger partial charge in [0.2, 0.25) is 0 Å². The molecular formula is C16H15Cl2NO. The maximum absolute atomic E-state index is 12.3. The molecule has 1 N–H and O–H groups in total. The minimum atomic E-state index is -0.228. The van der Waals surface area contributed by atoms with E-state index >= 15 is 0 Å². The second-order valence-electron chi connectivity index (χ2n) is 4.65. The summed E-state index contributed by atoms with van der Waals surface area (Å²) in [5, 5.41) is 3.60. The molecule has 0 radical (unpaired) electrons. The van der Waals surface area contributed by atoms with E-state index in [4.69, 9.17) is 23.2 Å². The van der Waals surface area contributed by atoms with E-state index in [-0.39, 0.29) is 17.0 Å². The van der Waals surface area contributed by atoms with Gasteiger partial charge in [-0.2, -0.15) is 0 Å². The summed E-state index contributed by atoms with van der Waals surface area (Å²) in [6.07, 6.45) is 0. The predicted octanol–water partition coefficient (Wildman–Crippen LogP) is 4.79. The highest BCUT2D eigenvalue weighted by Crippen LogP contribution is 2.26. The molecule has 2 rings (SSSR count). The van der Waals surface area contributed by atoms with Crippen LogP contribution in [0.3, 0.4) is 0 Å². The van der Waals surface area contributed by atoms with Crippen molar-refractivity contribution in [1.29, 1.82) is 0 Å². The average molecular weight is 308 g/mol. The van der Waals surface area contributed by atoms with E-state index in [0.717, 1.165) is 11.1 Å². The molecule has 2 aromatic rings. The number of benzene rings is 2. The predicted molar refractivity (Wildman–Crippen MR) is 83.5 cm³/mol. The Bertz CT molecular complexity index is 640. The Labute approximate surface area is 128 Å². The SMILES string of the molecule is Cc1ccccc1C(C)NC(=O)c1cccc(Cl)c1Cl. The van der Waals surface area contributed by atoms with Gasteiger partial charge in [0.1, 0.15) is 0 Å². The van der Waals surface area contributed by atoms with Gasteiger partial charge in [0.05, 0.1) is 21.7 Å². The van der Waals surface area contributed by atoms with E-state index in [9.17, 15) is 4.79 Å². The second-order valence-corrected chi connectivity index (χ2v) is 5.44. The highest BCUT2D eigenvalue weighted by atomic mass is 35.5. The van der Waals surface area contributed by atoms with E-state index in [0.29, 0.717) is 10.6 Å². The third-order valence-corrected chi connectivity index (χ3v) is 4.02. The van der Waals surface area contributed by atoms with Crippen molar-refractivity contribution in [2.24, 2.45) is 0 Å². The summed E-state index contributed by atoms with van der Waals surface area (Å²) in [6, 6.07) is 12.9. The molecule has 0 bridgehead atoms. The number of aryl methyl sites for hydroxylation is 1. The number of carbonyl (C=O) groups is 1. The van der Waals surface area contributed by atoms with Crippen LogP contribution >= 0.6 is 23.2 Å². The van der Waals surface area contributed by atoms with Crippen LogP contribution in [-0.2, 0) is 0 Å². The van der Waals surface area contributed by atoms with Crippen molar-refractivity contribution in [2.45, 2.75) is 19.9 Å². The molecule has 0 aliphatic heterocycles. The van der Waals surface area contributed by atoms with E-state index in [2.05, 4.69) is 5.32 Å². The molecule has 2 aromatic carbocycles. The first kappa shape index (κ1) is 14.9. The zero-order chi connectivity index (χ0) is 14.7. The molecule has 0 saturated heterocycles. The van der Waals surface area contributed by atoms with Gasteiger partial charge in [0, 0.05) is 0 Å². The standard InChI is InChI=1S/C16H15Cl2NO/c1-10-6-3-4-7-12(10)11(2)19-16(20)13-8-5-9-14(17)15(13)18/h3-9,11H,1-2H3,(H,19,20). The number of hydrogen-bond acceptors (Lipinski definition) is 1. The van der Waals surface area contributed by atoms with Gasteiger partial charge in [-0.15, -0.1) is 0 Å². The number of hydrogen-bond donors (Lipinski definition) is 1. The molecule has 1 unspecified atom stereocenters. The molecule has 0 heterocycles. The first-order valence-corrected chi connectivity index (χ1v) is 7.06. The smallest absolute Gasteiger partial charge is 0.253 e. The molecule has 0 aliphatic carbocycles. The maximum atomic E-state index is 12.3. The molecule has 0 aliphatic rings. The van der Waals surface area contributed by atoms with Crippen LogP contribution in [-0.4, -0.2) is 5.91 Å². The number of nitrogens with one attached hydrogen (secondary N) is 1. The van der Waals surface area contributed by atoms with Crippen LogP contribution < -0.4 is 5.32 Å². The first-order chi connectivity index (χ1) is 9.50. The summed E-state index contributed by atoms with van der Waals surface area (Å²) in [5.41, 5.74) is 2.61. The van der Waals surface area contributed by atoms with Crippen molar-refractivity contribution >= 4 is 29.1 Å². The van der Waals surface area contributed by atoms with Crippen molar-refractivity contribution < 1.29 is 4.79 Å². The van der Waals surface area contributed by atoms with Crippen LogP contribution in [0.4, 0.5) is 0 Å². The first-order valence-electron chi connectivity index (χ1n) is 6.31. The van der Waals surface area contributed by atoms with Crippen LogP contribution in [0.25, 0.3) is 0 Å². The third-order valence-electron chi connectivity index (χ3n) is 3.20. The lowest BCUT2D eigenvalue weighted by Crippen LogP contribution is -2.27. The van der Waals surface area contributed by atoms with Crippen LogP contribution in [0.2, 0.25) is 10.0 Å². The van der Waals surface area contributed by atoms with Gasteiger partial charge in [0.25, 0.3) is 5.91 Å². The third kappa shape index (κ3) is 3.14. The fourth-order valence-corrected chi connectivity index (χ4v) is 2.49. The number of halogens is 2. The van der Waals surface area contributed by atoms with Crippen molar-refractivity contribution in [1.82, 2.24) is 5.32 Å². The molecule has 0 aromatic heterocycles. The molecule has 0 saturated carbocycles. The van der Waals surface area contributed by atoms with Gasteiger partial charge in [0.15, 0.2) is 0 Å². The average Bonchev–Trinajstić information content (AvgIpc) is 2.42. The molecule has 0 fully saturated rings. The van der Waals surface area contributed by atoms with E-state index in [1.807, 2.05) is 38.1 Å². The summed E-state index contributed by atoms with van der Waals surface area (Å²) in [6.45, 7) is 3.96. The largest absolute Gasteiger partial charge is 0.345 e. The Kier molecular flexibility index (Phi) is 4.69. The van der Waals surface area contributed by atoms with E-state index in [1.165, 1.54) is 0 Å². The number of rotatable bonds is 3. The molecule has 2 nitrogen and oxygen atoms in total. The van der Waals surface area contributed by atoms with Crippen molar-refractivity contribution in [3.63, 3.8) is 0 Å². The Morgan fingerprint density at radius 1 is 1.10 bits per heavy atom. The Balaban J connectivity index is 2.20. The minimum Gasteiger partial charge on any atom is -0.345 e. The highest BCUT2D eigenvalue weighted by Gasteiger charge is 2.16. The van der Waals surface area contributed by atoms with Gasteiger partial charge in [-0.1, -0.05) is 53.5 Å². The lowest BCUT2D eigenvalue weighted by molar-refractivity contribution is 0.0940. The summed E-state index contributed by atoms with van der Waals surface area (Å²) in [5.74, 6) is -0.228. The van der Waals surface area contributed by atoms with Gasteiger partial charge in [-0.05, 0) is 37.1 Å². The fraction of sp³-hybridized carbons (Fsp3) is 0.188. The van der Waals surface area contributed by atoms with Crippen LogP contribution in [0, 0.1) is 6.92 Å². The molecule has 20 heavy (non-hydrogen) atoms. The molecule has 104 valence electrons. The quantitative estimate of drug-likeness (QED) is 0.867. The second kappa shape index (κ2) is 6.29. The van der Waals surface area contributed by atoms with Gasteiger partial charge in [-0.3, -0.25) is 4.79 Å². The monoisotopic (exact) mass is 307 g/mol. The summed E-state index contributed by atoms with van der Waals surface area (Å²) < 4.78 is 0. The summed E-state index contributed by atoms with van der Waals surface area (Å²) >= 11 is 12.0. The zero-order valence-electron chi connectivity index (χ0n) is 11.3. The molecule has 1 amide bonds. The highest BCUT2D eigenvalue weighted by molar-refractivity contribution is 6.43. The zero-order valence-corrected chi connectivity index (χ0v) is 12.8. The van der Waals surface area contributed by atoms with Crippen molar-refractivity contribution in [3.05, 3.63) is 69.2 Å². The Morgan fingerprint density at radius 3 is 2.50 bits per heavy atom. The lowest BCUT2D eigenvalue weighted by Gasteiger charge is -2.17. The van der Waals surface area contributed by atoms with Crippen molar-refractivity contribution in [3.8, 4) is 0 Å². The van der Waals surface area contributed by atoms with Gasteiger partial charge >= 0.3 is 0 Å². The summed E-state index contributed by atoms with van der Waals surface area (Å²) in [4.78, 5) is 12.3. The van der Waals surface area contributed by atoms with Gasteiger partial charge in [-0.25, -0.2) is 0 Å². The van der Waals surface area contributed by atoms with Crippen molar-refractivity contribution in [2.75, 3.05) is 0 Å². The van der Waals surface area contributed by atoms with Crippen LogP contribution in [0.5, 0.6) is 0 Å². The van der Waals surface area contributed by atoms with Crippen LogP contribution in [0.15, 0.2) is 42.5 Å². The normalized spacial score (nSPS) is 12.0. The van der Waals surface area contributed by atoms with Crippen LogP contribution in [0.1, 0.15) is 34.5 Å². The van der Waals surface area contributed by atoms with E-state index in [1.54, 1.807) is 18.2 Å². The molecule has 0 spiro atoms. The summed E-state index contributed by atoms with van der Waals surface area (Å²) in [7, 11) is 0. The number of carbonyl (C=O) groups excluding carboxylic acids is 1. The molecular weight excluding hydrogens is 293 g/mol. The maximum Gasteiger partial charge on any atom is 0.253 e. The number of amides is 1. The fourth-order valence-electron chi connectivity index (χ4n) is 2.10. The lowest BCUT2D eigenvalue weighted by atomic mass is 10.0. The van der Waals surface area contributed by atoms with E-state index < -0.39 is 0 Å². The molecule has 1 atom stereocenters. The Hall–Kier alpha value is -1.51. The molecule has 4 heteroatoms. The van der Waals surface area contributed by atoms with Gasteiger partial charge < -0.3 is 5.32 Å². The Morgan fingerprint density at radius 2 is 1.80 bits per heavy atom.